The molecule has 0 bridgehead atoms. The second-order valence-corrected chi connectivity index (χ2v) is 5.77. The van der Waals surface area contributed by atoms with Crippen LogP contribution in [0.15, 0.2) is 18.5 Å². The Morgan fingerprint density at radius 2 is 1.89 bits per heavy atom. The molecule has 5 nitrogen and oxygen atoms in total. The van der Waals surface area contributed by atoms with E-state index in [1.165, 1.54) is 18.5 Å². The van der Waals surface area contributed by atoms with Crippen molar-refractivity contribution in [3.05, 3.63) is 29.0 Å². The van der Waals surface area contributed by atoms with E-state index in [0.29, 0.717) is 0 Å². The molecule has 0 unspecified atom stereocenters. The van der Waals surface area contributed by atoms with Gasteiger partial charge in [-0.05, 0) is 33.8 Å². The van der Waals surface area contributed by atoms with Gasteiger partial charge in [0.1, 0.15) is 0 Å². The van der Waals surface area contributed by atoms with Crippen LogP contribution in [0.2, 0.25) is 5.02 Å². The first-order chi connectivity index (χ1) is 8.59. The zero-order valence-corrected chi connectivity index (χ0v) is 12.1. The minimum atomic E-state index is -1.13. The highest BCUT2D eigenvalue weighted by atomic mass is 35.5. The maximum absolute atomic E-state index is 12.1. The van der Waals surface area contributed by atoms with E-state index in [9.17, 15) is 14.7 Å². The Kier molecular flexibility index (Phi) is 4.20. The first kappa shape index (κ1) is 15.4. The summed E-state index contributed by atoms with van der Waals surface area (Å²) in [7, 11) is 0. The molecule has 0 aliphatic rings. The highest BCUT2D eigenvalue weighted by Gasteiger charge is 2.44. The van der Waals surface area contributed by atoms with Gasteiger partial charge in [0.2, 0.25) is 0 Å². The molecule has 1 heterocycles. The Balaban J connectivity index is 3.00. The van der Waals surface area contributed by atoms with Crippen molar-refractivity contribution in [3.63, 3.8) is 0 Å². The number of carbonyl (C=O) groups excluding carboxylic acids is 1. The molecule has 0 saturated heterocycles. The molecule has 104 valence electrons. The molecule has 2 N–H and O–H groups in total. The van der Waals surface area contributed by atoms with E-state index in [4.69, 9.17) is 11.6 Å². The lowest BCUT2D eigenvalue weighted by Gasteiger charge is -2.38. The molecule has 0 aliphatic carbocycles. The Labute approximate surface area is 117 Å². The van der Waals surface area contributed by atoms with Crippen LogP contribution in [0.5, 0.6) is 0 Å². The van der Waals surface area contributed by atoms with Gasteiger partial charge in [-0.1, -0.05) is 11.6 Å². The molecule has 1 amide bonds. The number of aliphatic carboxylic acids is 1. The number of hydrogen-bond acceptors (Lipinski definition) is 3. The van der Waals surface area contributed by atoms with E-state index in [-0.39, 0.29) is 10.6 Å². The third-order valence-electron chi connectivity index (χ3n) is 3.54. The fourth-order valence-electron chi connectivity index (χ4n) is 1.32. The number of amides is 1. The number of rotatable bonds is 4. The van der Waals surface area contributed by atoms with Crippen molar-refractivity contribution in [2.24, 2.45) is 5.41 Å². The summed E-state index contributed by atoms with van der Waals surface area (Å²) in [5.74, 6) is -1.44. The number of aromatic nitrogens is 1. The maximum Gasteiger partial charge on any atom is 0.311 e. The number of nitrogens with one attached hydrogen (secondary N) is 1. The molecule has 19 heavy (non-hydrogen) atoms. The summed E-state index contributed by atoms with van der Waals surface area (Å²) in [5, 5.41) is 12.2. The van der Waals surface area contributed by atoms with Crippen molar-refractivity contribution < 1.29 is 14.7 Å². The summed E-state index contributed by atoms with van der Waals surface area (Å²) < 4.78 is 0. The predicted octanol–water partition coefficient (Wildman–Crippen LogP) is 2.35. The van der Waals surface area contributed by atoms with E-state index in [1.807, 2.05) is 0 Å². The van der Waals surface area contributed by atoms with Gasteiger partial charge in [0.15, 0.2) is 0 Å². The van der Waals surface area contributed by atoms with Crippen LogP contribution in [-0.2, 0) is 4.79 Å². The highest BCUT2D eigenvalue weighted by molar-refractivity contribution is 6.33. The topological polar surface area (TPSA) is 79.3 Å². The molecule has 0 atom stereocenters. The Bertz CT molecular complexity index is 512. The van der Waals surface area contributed by atoms with Gasteiger partial charge in [-0.3, -0.25) is 14.6 Å². The first-order valence-electron chi connectivity index (χ1n) is 5.75. The van der Waals surface area contributed by atoms with E-state index in [1.54, 1.807) is 27.7 Å². The lowest BCUT2D eigenvalue weighted by Crippen LogP contribution is -2.57. The van der Waals surface area contributed by atoms with Gasteiger partial charge < -0.3 is 10.4 Å². The fourth-order valence-corrected chi connectivity index (χ4v) is 1.51. The normalized spacial score (nSPS) is 12.1. The summed E-state index contributed by atoms with van der Waals surface area (Å²) in [6, 6.07) is 1.51. The molecule has 1 aromatic rings. The van der Waals surface area contributed by atoms with Gasteiger partial charge in [-0.2, -0.15) is 0 Å². The number of pyridine rings is 1. The standard InChI is InChI=1S/C13H17ClN2O3/c1-12(2,11(18)19)13(3,4)16-10(17)8-7-15-6-5-9(8)14/h5-7H,1-4H3,(H,16,17)(H,18,19). The summed E-state index contributed by atoms with van der Waals surface area (Å²) in [6.45, 7) is 6.42. The molecular formula is C13H17ClN2O3. The number of carboxylic acid groups (broad SMARTS) is 1. The van der Waals surface area contributed by atoms with Gasteiger partial charge in [0.25, 0.3) is 5.91 Å². The van der Waals surface area contributed by atoms with Crippen molar-refractivity contribution in [2.75, 3.05) is 0 Å². The molecule has 1 rings (SSSR count). The highest BCUT2D eigenvalue weighted by Crippen LogP contribution is 2.31. The summed E-state index contributed by atoms with van der Waals surface area (Å²) >= 11 is 5.91. The summed E-state index contributed by atoms with van der Waals surface area (Å²) in [5.41, 5.74) is -1.86. The zero-order valence-electron chi connectivity index (χ0n) is 11.3. The average molecular weight is 285 g/mol. The molecule has 0 radical (unpaired) electrons. The Morgan fingerprint density at radius 1 is 1.32 bits per heavy atom. The third-order valence-corrected chi connectivity index (χ3v) is 3.87. The van der Waals surface area contributed by atoms with Crippen LogP contribution in [-0.4, -0.2) is 27.5 Å². The van der Waals surface area contributed by atoms with E-state index in [2.05, 4.69) is 10.3 Å². The minimum Gasteiger partial charge on any atom is -0.481 e. The maximum atomic E-state index is 12.1. The van der Waals surface area contributed by atoms with Gasteiger partial charge in [0, 0.05) is 12.4 Å². The number of carboxylic acids is 1. The van der Waals surface area contributed by atoms with Crippen LogP contribution in [0.1, 0.15) is 38.1 Å². The van der Waals surface area contributed by atoms with Gasteiger partial charge in [-0.15, -0.1) is 0 Å². The largest absolute Gasteiger partial charge is 0.481 e. The zero-order chi connectivity index (χ0) is 14.8. The monoisotopic (exact) mass is 284 g/mol. The van der Waals surface area contributed by atoms with Crippen molar-refractivity contribution in [1.82, 2.24) is 10.3 Å². The van der Waals surface area contributed by atoms with Gasteiger partial charge in [-0.25, -0.2) is 0 Å². The van der Waals surface area contributed by atoms with Crippen molar-refractivity contribution >= 4 is 23.5 Å². The van der Waals surface area contributed by atoms with Crippen molar-refractivity contribution in [2.45, 2.75) is 33.2 Å². The molecule has 0 aromatic carbocycles. The van der Waals surface area contributed by atoms with Gasteiger partial charge >= 0.3 is 5.97 Å². The van der Waals surface area contributed by atoms with Crippen molar-refractivity contribution in [1.29, 1.82) is 0 Å². The van der Waals surface area contributed by atoms with E-state index < -0.39 is 22.8 Å². The lowest BCUT2D eigenvalue weighted by molar-refractivity contribution is -0.150. The Morgan fingerprint density at radius 3 is 2.37 bits per heavy atom. The fraction of sp³-hybridized carbons (Fsp3) is 0.462. The molecule has 0 spiro atoms. The van der Waals surface area contributed by atoms with E-state index >= 15 is 0 Å². The van der Waals surface area contributed by atoms with Crippen molar-refractivity contribution in [3.8, 4) is 0 Å². The molecule has 6 heteroatoms. The molecular weight excluding hydrogens is 268 g/mol. The van der Waals surface area contributed by atoms with Crippen LogP contribution in [0.4, 0.5) is 0 Å². The molecule has 1 aromatic heterocycles. The van der Waals surface area contributed by atoms with Crippen LogP contribution in [0.3, 0.4) is 0 Å². The van der Waals surface area contributed by atoms with E-state index in [0.717, 1.165) is 0 Å². The molecule has 0 aliphatic heterocycles. The summed E-state index contributed by atoms with van der Waals surface area (Å²) in [6.07, 6.45) is 2.83. The smallest absolute Gasteiger partial charge is 0.311 e. The first-order valence-corrected chi connectivity index (χ1v) is 6.13. The summed E-state index contributed by atoms with van der Waals surface area (Å²) in [4.78, 5) is 27.2. The number of halogens is 1. The van der Waals surface area contributed by atoms with Crippen LogP contribution < -0.4 is 5.32 Å². The Hall–Kier alpha value is -1.62. The van der Waals surface area contributed by atoms with Crippen LogP contribution >= 0.6 is 11.6 Å². The molecule has 0 fully saturated rings. The molecule has 0 saturated carbocycles. The predicted molar refractivity (Wildman–Crippen MR) is 72.2 cm³/mol. The van der Waals surface area contributed by atoms with Gasteiger partial charge in [0.05, 0.1) is 21.5 Å². The SMILES string of the molecule is CC(C)(NC(=O)c1cnccc1Cl)C(C)(C)C(=O)O. The second kappa shape index (κ2) is 5.17. The third kappa shape index (κ3) is 3.04. The quantitative estimate of drug-likeness (QED) is 0.889. The van der Waals surface area contributed by atoms with Crippen LogP contribution in [0.25, 0.3) is 0 Å². The second-order valence-electron chi connectivity index (χ2n) is 5.36. The van der Waals surface area contributed by atoms with Crippen LogP contribution in [0, 0.1) is 5.41 Å². The lowest BCUT2D eigenvalue weighted by atomic mass is 9.74. The number of nitrogens with zero attached hydrogens (tertiary/aromatic N) is 1. The number of carbonyl (C=O) groups is 2. The number of hydrogen-bond donors (Lipinski definition) is 2. The average Bonchev–Trinajstić information content (AvgIpc) is 2.28. The minimum absolute atomic E-state index is 0.221.